The number of nitrogen functional groups attached to an aromatic ring is 7. The third-order valence-corrected chi connectivity index (χ3v) is 24.3. The zero-order valence-corrected chi connectivity index (χ0v) is 70.4. The van der Waals surface area contributed by atoms with E-state index in [9.17, 15) is 101 Å². The van der Waals surface area contributed by atoms with Crippen molar-refractivity contribution in [1.82, 2.24) is 71.5 Å². The molecule has 14 aliphatic heterocycles. The third-order valence-electron chi connectivity index (χ3n) is 24.3. The van der Waals surface area contributed by atoms with Crippen molar-refractivity contribution in [2.45, 2.75) is 178 Å². The number of hydrogen-bond donors (Lipinski definition) is 14. The fourth-order valence-electron chi connectivity index (χ4n) is 17.3. The Morgan fingerprint density at radius 3 is 0.842 bits per heavy atom. The normalized spacial score (nSPS) is 24.4. The highest BCUT2D eigenvalue weighted by Gasteiger charge is 2.48. The summed E-state index contributed by atoms with van der Waals surface area (Å²) in [5.74, 6) is -8.78. The highest BCUT2D eigenvalue weighted by molar-refractivity contribution is 6.13. The summed E-state index contributed by atoms with van der Waals surface area (Å²) < 4.78 is 78.4. The van der Waals surface area contributed by atoms with Gasteiger partial charge in [0.25, 0.3) is 41.4 Å². The molecule has 7 fully saturated rings. The lowest BCUT2D eigenvalue weighted by Crippen LogP contribution is -2.52. The van der Waals surface area contributed by atoms with E-state index in [2.05, 4.69) is 37.2 Å². The second kappa shape index (κ2) is 37.6. The average molecular weight is 1820 g/mol. The molecule has 0 spiro atoms. The van der Waals surface area contributed by atoms with Gasteiger partial charge in [-0.2, -0.15) is 0 Å². The predicted molar refractivity (Wildman–Crippen MR) is 468 cm³/mol. The van der Waals surface area contributed by atoms with E-state index in [-0.39, 0.29) is 261 Å². The molecule has 0 aliphatic carbocycles. The fraction of sp³-hybridized carbons (Fsp3) is 0.308. The highest BCUT2D eigenvalue weighted by Crippen LogP contribution is 2.39. The zero-order chi connectivity index (χ0) is 104. The molecule has 0 bridgehead atoms. The Morgan fingerprint density at radius 1 is 0.233 bits per heavy atom. The van der Waals surface area contributed by atoms with Gasteiger partial charge in [0.15, 0.2) is 0 Å². The molecular formula is C91H91N21O21. The largest absolute Gasteiger partial charge is 0.398 e. The van der Waals surface area contributed by atoms with E-state index in [1.165, 1.54) is 77.9 Å². The SMILES string of the molecule is [2H]C1([2H])c2c(N)cccc2C(=O)N1C1CCC(=O)NC1=O.[2H]C1c2c(N)cccc2C(=O)N1C1CCC(=O)NC1=O.[2H]c1cc(N)c2c(c1)C(=O)N(C1CCC(=O)NC1=O)C2.[2H]c1cc(N)c2c(c1[2H])C(=O)N(C1CCC(=O)NC1=O)C2.[2H]c1cc2c(c(N)c1[2H])CN(C1CCC(=O)NC1=O)C2=O.[2H]c1ccc(N)c2c1C(=O)N(C1CCC(=O)NC1=O)C2.[2H]c1ccc2c(c1N)CN(C1CCC(=O)NC1=O)C2=O. The Bertz CT molecular complexity index is 6810. The number of nitrogens with two attached hydrogens (primary N) is 7. The number of rotatable bonds is 7. The topological polar surface area (TPSA) is 648 Å². The van der Waals surface area contributed by atoms with Gasteiger partial charge >= 0.3 is 0 Å². The van der Waals surface area contributed by atoms with Crippen LogP contribution in [-0.4, -0.2) is 201 Å². The first-order valence-corrected chi connectivity index (χ1v) is 41.8. The molecule has 42 nitrogen and oxygen atoms in total. The fourth-order valence-corrected chi connectivity index (χ4v) is 17.3. The van der Waals surface area contributed by atoms with Crippen molar-refractivity contribution in [2.75, 3.05) is 40.1 Å². The molecule has 7 saturated heterocycles. The van der Waals surface area contributed by atoms with Crippen LogP contribution in [0.25, 0.3) is 0 Å². The number of benzene rings is 7. The van der Waals surface area contributed by atoms with E-state index in [1.807, 2.05) is 0 Å². The zero-order valence-electron chi connectivity index (χ0n) is 80.4. The summed E-state index contributed by atoms with van der Waals surface area (Å²) in [6.45, 7) is -2.29. The van der Waals surface area contributed by atoms with Crippen LogP contribution >= 0.6 is 0 Å². The molecule has 7 aromatic rings. The smallest absolute Gasteiger partial charge is 0.255 e. The predicted octanol–water partition coefficient (Wildman–Crippen LogP) is 0.209. The molecule has 14 aliphatic rings. The molecule has 8 atom stereocenters. The first kappa shape index (κ1) is 78.6. The number of imide groups is 7. The van der Waals surface area contributed by atoms with Crippen molar-refractivity contribution >= 4 is 164 Å². The van der Waals surface area contributed by atoms with Crippen LogP contribution in [0, 0.1) is 0 Å². The molecule has 21 rings (SSSR count). The van der Waals surface area contributed by atoms with Crippen LogP contribution < -0.4 is 77.4 Å². The van der Waals surface area contributed by atoms with E-state index in [4.69, 9.17) is 53.8 Å². The van der Waals surface area contributed by atoms with Crippen molar-refractivity contribution in [3.63, 3.8) is 0 Å². The van der Waals surface area contributed by atoms with Gasteiger partial charge in [0, 0.05) is 208 Å². The van der Waals surface area contributed by atoms with Gasteiger partial charge in [-0.3, -0.25) is 138 Å². The maximum absolute atomic E-state index is 12.5. The molecule has 42 heteroatoms. The van der Waals surface area contributed by atoms with Crippen LogP contribution in [0.15, 0.2) is 127 Å². The molecule has 686 valence electrons. The van der Waals surface area contributed by atoms with Gasteiger partial charge in [0.05, 0.1) is 13.7 Å². The summed E-state index contributed by atoms with van der Waals surface area (Å²) in [6.07, 6.45) is 3.03. The second-order valence-electron chi connectivity index (χ2n) is 32.5. The highest BCUT2D eigenvalue weighted by atomic mass is 16.2. The second-order valence-corrected chi connectivity index (χ2v) is 32.5. The van der Waals surface area contributed by atoms with Gasteiger partial charge < -0.3 is 74.4 Å². The van der Waals surface area contributed by atoms with Gasteiger partial charge in [0.1, 0.15) is 42.3 Å². The maximum Gasteiger partial charge on any atom is 0.255 e. The number of nitrogens with one attached hydrogen (secondary N) is 7. The van der Waals surface area contributed by atoms with Crippen molar-refractivity contribution in [1.29, 1.82) is 0 Å². The summed E-state index contributed by atoms with van der Waals surface area (Å²) in [7, 11) is 0. The molecule has 7 aromatic carbocycles. The lowest BCUT2D eigenvalue weighted by Gasteiger charge is -2.29. The number of carbonyl (C=O) groups excluding carboxylic acids is 21. The van der Waals surface area contributed by atoms with Crippen molar-refractivity contribution < 1.29 is 114 Å². The van der Waals surface area contributed by atoms with E-state index >= 15 is 0 Å². The quantitative estimate of drug-likeness (QED) is 0.0749. The Hall–Kier alpha value is -16.6. The minimum absolute atomic E-state index is 0.0715. The van der Waals surface area contributed by atoms with Crippen LogP contribution in [0.2, 0.25) is 0 Å². The van der Waals surface area contributed by atoms with E-state index in [0.29, 0.717) is 86.4 Å². The Balaban J connectivity index is 0.000000126. The van der Waals surface area contributed by atoms with E-state index < -0.39 is 114 Å². The Labute approximate surface area is 770 Å². The monoisotopic (exact) mass is 1820 g/mol. The molecule has 0 saturated carbocycles. The van der Waals surface area contributed by atoms with Crippen molar-refractivity contribution in [3.05, 3.63) is 205 Å². The first-order chi connectivity index (χ1) is 67.6. The number of carbonyl (C=O) groups is 21. The third kappa shape index (κ3) is 18.4. The number of piperidine rings is 7. The van der Waals surface area contributed by atoms with Crippen LogP contribution in [0.4, 0.5) is 39.8 Å². The van der Waals surface area contributed by atoms with Crippen LogP contribution in [0.1, 0.15) is 215 Å². The number of nitrogens with zero attached hydrogens (tertiary/aromatic N) is 7. The van der Waals surface area contributed by atoms with E-state index in [1.54, 1.807) is 36.4 Å². The van der Waals surface area contributed by atoms with Crippen LogP contribution in [0.5, 0.6) is 0 Å². The lowest BCUT2D eigenvalue weighted by molar-refractivity contribution is -0.138. The summed E-state index contributed by atoms with van der Waals surface area (Å²) in [5, 5.41) is 15.5. The summed E-state index contributed by atoms with van der Waals surface area (Å²) in [6, 6.07) is 15.8. The van der Waals surface area contributed by atoms with Crippen molar-refractivity contribution in [3.8, 4) is 0 Å². The van der Waals surface area contributed by atoms with Gasteiger partial charge in [-0.15, -0.1) is 0 Å². The first-order valence-electron chi connectivity index (χ1n) is 46.8. The molecule has 0 aromatic heterocycles. The Morgan fingerprint density at radius 2 is 0.474 bits per heavy atom. The molecule has 133 heavy (non-hydrogen) atoms. The Kier molecular flexibility index (Phi) is 22.2. The van der Waals surface area contributed by atoms with Crippen LogP contribution in [0.3, 0.4) is 0 Å². The minimum atomic E-state index is -2.18. The molecule has 21 amide bonds. The summed E-state index contributed by atoms with van der Waals surface area (Å²) >= 11 is 0. The van der Waals surface area contributed by atoms with Crippen molar-refractivity contribution in [2.24, 2.45) is 0 Å². The van der Waals surface area contributed by atoms with Gasteiger partial charge in [-0.1, -0.05) is 42.4 Å². The molecule has 14 heterocycles. The lowest BCUT2D eigenvalue weighted by atomic mass is 10.0. The number of amides is 21. The molecular weight excluding hydrogens is 1720 g/mol. The molecule has 8 unspecified atom stereocenters. The summed E-state index contributed by atoms with van der Waals surface area (Å²) in [5.41, 5.74) is 47.9. The standard InChI is InChI=1S/7C13H13N3O3/c7*14-9-3-1-2-7-8(9)6-16(13(7)19)10-4-5-11(17)15-12(10)18/h7*1-3,10H,4-6,14H2,(H,15,17,18)/i1D,3D;1D,2D;6D2;6D;3D;2D;1D. The average Bonchev–Trinajstić information content (AvgIpc) is 1.76. The van der Waals surface area contributed by atoms with Gasteiger partial charge in [-0.05, 0) is 130 Å². The van der Waals surface area contributed by atoms with Gasteiger partial charge in [0.2, 0.25) is 82.7 Å². The number of anilines is 7. The molecule has 0 radical (unpaired) electrons. The summed E-state index contributed by atoms with van der Waals surface area (Å²) in [4.78, 5) is 257. The number of fused-ring (bicyclic) bond motifs is 7. The minimum Gasteiger partial charge on any atom is -0.398 e. The number of hydrogen-bond acceptors (Lipinski definition) is 28. The molecule has 21 N–H and O–H groups in total. The maximum atomic E-state index is 12.5. The van der Waals surface area contributed by atoms with Crippen LogP contribution in [-0.2, 0) is 113 Å². The van der Waals surface area contributed by atoms with Gasteiger partial charge in [-0.25, -0.2) is 0 Å². The van der Waals surface area contributed by atoms with E-state index in [0.717, 1.165) is 4.90 Å².